The van der Waals surface area contributed by atoms with Crippen LogP contribution in [0, 0.1) is 13.8 Å². The molecule has 0 N–H and O–H groups in total. The molecule has 0 spiro atoms. The molecular formula is C23H17F3N6O2. The van der Waals surface area contributed by atoms with Gasteiger partial charge in [0.1, 0.15) is 22.6 Å². The standard InChI is InChI=1S/C23H17F3N6O2/c1-12-9-14(21-27-10-16-15(29-21)4-6-19(28-16)23(24,25)26)3-5-18(12)31-7-8-32-20(22(31)34)13(2)17(11-33)30-32/h3-6,9-11H,7-8H2,1-2H3. The maximum Gasteiger partial charge on any atom is 0.433 e. The van der Waals surface area contributed by atoms with Crippen LogP contribution >= 0.6 is 0 Å². The Kier molecular flexibility index (Phi) is 4.92. The summed E-state index contributed by atoms with van der Waals surface area (Å²) in [5.41, 5.74) is 2.67. The highest BCUT2D eigenvalue weighted by molar-refractivity contribution is 6.08. The monoisotopic (exact) mass is 466 g/mol. The summed E-state index contributed by atoms with van der Waals surface area (Å²) in [5.74, 6) is 0.0897. The average molecular weight is 466 g/mol. The molecule has 1 aromatic carbocycles. The zero-order chi connectivity index (χ0) is 24.2. The van der Waals surface area contributed by atoms with E-state index in [2.05, 4.69) is 20.1 Å². The Morgan fingerprint density at radius 3 is 2.53 bits per heavy atom. The van der Waals surface area contributed by atoms with Gasteiger partial charge in [0.05, 0.1) is 18.3 Å². The van der Waals surface area contributed by atoms with Crippen molar-refractivity contribution in [1.82, 2.24) is 24.7 Å². The number of rotatable bonds is 3. The van der Waals surface area contributed by atoms with Crippen LogP contribution in [-0.4, -0.2) is 43.5 Å². The summed E-state index contributed by atoms with van der Waals surface area (Å²) in [6, 6.07) is 7.51. The zero-order valence-corrected chi connectivity index (χ0v) is 18.1. The predicted molar refractivity (Wildman–Crippen MR) is 117 cm³/mol. The van der Waals surface area contributed by atoms with Crippen molar-refractivity contribution in [3.05, 3.63) is 64.7 Å². The number of fused-ring (bicyclic) bond motifs is 2. The van der Waals surface area contributed by atoms with Gasteiger partial charge in [-0.2, -0.15) is 18.3 Å². The van der Waals surface area contributed by atoms with Gasteiger partial charge in [-0.1, -0.05) is 0 Å². The molecule has 1 aliphatic heterocycles. The lowest BCUT2D eigenvalue weighted by molar-refractivity contribution is -0.140. The predicted octanol–water partition coefficient (Wildman–Crippen LogP) is 4.00. The number of aryl methyl sites for hydroxylation is 1. The Labute approximate surface area is 191 Å². The molecule has 11 heteroatoms. The highest BCUT2D eigenvalue weighted by Gasteiger charge is 2.33. The van der Waals surface area contributed by atoms with Gasteiger partial charge in [-0.25, -0.2) is 15.0 Å². The Morgan fingerprint density at radius 2 is 1.82 bits per heavy atom. The molecule has 4 heterocycles. The van der Waals surface area contributed by atoms with Crippen LogP contribution in [0.1, 0.15) is 37.8 Å². The number of halogens is 3. The van der Waals surface area contributed by atoms with Gasteiger partial charge < -0.3 is 4.90 Å². The van der Waals surface area contributed by atoms with Gasteiger partial charge in [-0.3, -0.25) is 14.3 Å². The average Bonchev–Trinajstić information content (AvgIpc) is 3.14. The molecule has 0 saturated heterocycles. The maximum atomic E-state index is 13.2. The van der Waals surface area contributed by atoms with Crippen LogP contribution in [0.15, 0.2) is 36.5 Å². The molecule has 8 nitrogen and oxygen atoms in total. The minimum Gasteiger partial charge on any atom is -0.305 e. The molecule has 4 aromatic rings. The Bertz CT molecular complexity index is 1480. The van der Waals surface area contributed by atoms with E-state index in [-0.39, 0.29) is 17.1 Å². The highest BCUT2D eigenvalue weighted by Crippen LogP contribution is 2.31. The molecule has 34 heavy (non-hydrogen) atoms. The van der Waals surface area contributed by atoms with Gasteiger partial charge in [0.25, 0.3) is 5.91 Å². The van der Waals surface area contributed by atoms with Gasteiger partial charge in [0.15, 0.2) is 12.1 Å². The van der Waals surface area contributed by atoms with Crippen LogP contribution in [-0.2, 0) is 12.7 Å². The van der Waals surface area contributed by atoms with E-state index in [1.54, 1.807) is 28.6 Å². The molecule has 0 atom stereocenters. The number of alkyl halides is 3. The van der Waals surface area contributed by atoms with Crippen molar-refractivity contribution in [3.63, 3.8) is 0 Å². The Hall–Kier alpha value is -4.15. The summed E-state index contributed by atoms with van der Waals surface area (Å²) >= 11 is 0. The lowest BCUT2D eigenvalue weighted by Crippen LogP contribution is -2.41. The van der Waals surface area contributed by atoms with Crippen LogP contribution in [0.5, 0.6) is 0 Å². The highest BCUT2D eigenvalue weighted by atomic mass is 19.4. The molecule has 0 bridgehead atoms. The molecular weight excluding hydrogens is 449 g/mol. The largest absolute Gasteiger partial charge is 0.433 e. The number of carbonyl (C=O) groups is 2. The molecule has 1 amide bonds. The Morgan fingerprint density at radius 1 is 1.03 bits per heavy atom. The lowest BCUT2D eigenvalue weighted by atomic mass is 10.1. The summed E-state index contributed by atoms with van der Waals surface area (Å²) in [6.07, 6.45) is -2.64. The first kappa shape index (κ1) is 21.7. The fourth-order valence-corrected chi connectivity index (χ4v) is 4.09. The van der Waals surface area contributed by atoms with Crippen LogP contribution < -0.4 is 4.90 Å². The third kappa shape index (κ3) is 3.49. The smallest absolute Gasteiger partial charge is 0.305 e. The SMILES string of the molecule is Cc1cc(-c2ncc3nc(C(F)(F)F)ccc3n2)ccc1N1CCn2nc(C=O)c(C)c2C1=O. The van der Waals surface area contributed by atoms with Gasteiger partial charge in [-0.05, 0) is 49.7 Å². The topological polar surface area (TPSA) is 93.9 Å². The molecule has 5 rings (SSSR count). The number of hydrogen-bond acceptors (Lipinski definition) is 6. The van der Waals surface area contributed by atoms with Crippen molar-refractivity contribution < 1.29 is 22.8 Å². The molecule has 0 radical (unpaired) electrons. The summed E-state index contributed by atoms with van der Waals surface area (Å²) in [6.45, 7) is 4.40. The van der Waals surface area contributed by atoms with E-state index in [0.29, 0.717) is 53.2 Å². The van der Waals surface area contributed by atoms with Gasteiger partial charge in [0.2, 0.25) is 0 Å². The number of hydrogen-bond donors (Lipinski definition) is 0. The van der Waals surface area contributed by atoms with Crippen molar-refractivity contribution in [2.75, 3.05) is 11.4 Å². The normalized spacial score (nSPS) is 13.9. The van der Waals surface area contributed by atoms with Crippen LogP contribution in [0.3, 0.4) is 0 Å². The second-order valence-corrected chi connectivity index (χ2v) is 7.95. The quantitative estimate of drug-likeness (QED) is 0.424. The van der Waals surface area contributed by atoms with Crippen molar-refractivity contribution in [2.45, 2.75) is 26.6 Å². The second-order valence-electron chi connectivity index (χ2n) is 7.95. The van der Waals surface area contributed by atoms with Gasteiger partial charge >= 0.3 is 6.18 Å². The second kappa shape index (κ2) is 7.72. The van der Waals surface area contributed by atoms with Gasteiger partial charge in [0, 0.05) is 23.4 Å². The fourth-order valence-electron chi connectivity index (χ4n) is 4.09. The maximum absolute atomic E-state index is 13.2. The first-order valence-electron chi connectivity index (χ1n) is 10.3. The van der Waals surface area contributed by atoms with Crippen molar-refractivity contribution in [1.29, 1.82) is 0 Å². The van der Waals surface area contributed by atoms with E-state index in [0.717, 1.165) is 11.6 Å². The molecule has 0 saturated carbocycles. The van der Waals surface area contributed by atoms with E-state index >= 15 is 0 Å². The molecule has 0 unspecified atom stereocenters. The molecule has 172 valence electrons. The third-order valence-corrected chi connectivity index (χ3v) is 5.79. The van der Waals surface area contributed by atoms with Crippen LogP contribution in [0.2, 0.25) is 0 Å². The van der Waals surface area contributed by atoms with E-state index in [9.17, 15) is 22.8 Å². The zero-order valence-electron chi connectivity index (χ0n) is 18.1. The summed E-state index contributed by atoms with van der Waals surface area (Å²) in [7, 11) is 0. The van der Waals surface area contributed by atoms with Crippen molar-refractivity contribution in [3.8, 4) is 11.4 Å². The van der Waals surface area contributed by atoms with E-state index < -0.39 is 11.9 Å². The summed E-state index contributed by atoms with van der Waals surface area (Å²) in [4.78, 5) is 38.1. The fraction of sp³-hybridized carbons (Fsp3) is 0.217. The van der Waals surface area contributed by atoms with Crippen LogP contribution in [0.25, 0.3) is 22.4 Å². The molecule has 0 aliphatic carbocycles. The molecule has 0 fully saturated rings. The first-order valence-corrected chi connectivity index (χ1v) is 10.3. The number of nitrogens with zero attached hydrogens (tertiary/aromatic N) is 6. The van der Waals surface area contributed by atoms with E-state index in [1.807, 2.05) is 13.0 Å². The Balaban J connectivity index is 1.47. The minimum atomic E-state index is -4.54. The third-order valence-electron chi connectivity index (χ3n) is 5.79. The number of carbonyl (C=O) groups excluding carboxylic acids is 2. The van der Waals surface area contributed by atoms with E-state index in [1.165, 1.54) is 12.3 Å². The van der Waals surface area contributed by atoms with Crippen LogP contribution in [0.4, 0.5) is 18.9 Å². The number of pyridine rings is 1. The number of benzene rings is 1. The van der Waals surface area contributed by atoms with Crippen molar-refractivity contribution in [2.24, 2.45) is 0 Å². The van der Waals surface area contributed by atoms with E-state index in [4.69, 9.17) is 0 Å². The van der Waals surface area contributed by atoms with Crippen molar-refractivity contribution >= 4 is 28.9 Å². The number of aldehydes is 1. The summed E-state index contributed by atoms with van der Waals surface area (Å²) in [5, 5.41) is 4.18. The number of amides is 1. The number of anilines is 1. The molecule has 3 aromatic heterocycles. The minimum absolute atomic E-state index is 0.0486. The summed E-state index contributed by atoms with van der Waals surface area (Å²) < 4.78 is 40.2. The lowest BCUT2D eigenvalue weighted by Gasteiger charge is -2.29. The number of aromatic nitrogens is 5. The molecule has 1 aliphatic rings. The van der Waals surface area contributed by atoms with Gasteiger partial charge in [-0.15, -0.1) is 0 Å². The first-order chi connectivity index (χ1) is 16.2.